The highest BCUT2D eigenvalue weighted by molar-refractivity contribution is 9.10. The van der Waals surface area contributed by atoms with Crippen LogP contribution < -0.4 is 5.46 Å². The van der Waals surface area contributed by atoms with Gasteiger partial charge in [0.15, 0.2) is 6.71 Å². The largest absolute Gasteiger partial charge is 0.306 e. The quantitative estimate of drug-likeness (QED) is 0.711. The SMILES string of the molecule is CB(C)c1cc(Br)cn2cc(C)nc12. The van der Waals surface area contributed by atoms with Crippen LogP contribution in [-0.4, -0.2) is 16.1 Å². The van der Waals surface area contributed by atoms with Gasteiger partial charge in [-0.2, -0.15) is 0 Å². The molecule has 0 aliphatic rings. The smallest absolute Gasteiger partial charge is 0.174 e. The zero-order valence-corrected chi connectivity index (χ0v) is 10.2. The molecule has 0 N–H and O–H groups in total. The maximum atomic E-state index is 4.52. The molecule has 0 aliphatic heterocycles. The summed E-state index contributed by atoms with van der Waals surface area (Å²) in [7, 11) is 0. The first kappa shape index (κ1) is 9.78. The van der Waals surface area contributed by atoms with Crippen LogP contribution in [0.4, 0.5) is 0 Å². The van der Waals surface area contributed by atoms with Crippen LogP contribution in [0.3, 0.4) is 0 Å². The fourth-order valence-corrected chi connectivity index (χ4v) is 2.10. The number of imidazole rings is 1. The van der Waals surface area contributed by atoms with Crippen LogP contribution in [0.2, 0.25) is 13.6 Å². The average Bonchev–Trinajstić information content (AvgIpc) is 2.42. The number of halogens is 1. The lowest BCUT2D eigenvalue weighted by Gasteiger charge is -2.05. The third-order valence-corrected chi connectivity index (χ3v) is 2.72. The van der Waals surface area contributed by atoms with Gasteiger partial charge in [0.1, 0.15) is 5.65 Å². The van der Waals surface area contributed by atoms with Gasteiger partial charge < -0.3 is 4.40 Å². The van der Waals surface area contributed by atoms with Gasteiger partial charge in [-0.3, -0.25) is 0 Å². The molecule has 0 radical (unpaired) electrons. The van der Waals surface area contributed by atoms with E-state index in [4.69, 9.17) is 0 Å². The number of nitrogens with zero attached hydrogens (tertiary/aromatic N) is 2. The van der Waals surface area contributed by atoms with E-state index >= 15 is 0 Å². The third kappa shape index (κ3) is 1.59. The van der Waals surface area contributed by atoms with Crippen LogP contribution in [0.25, 0.3) is 5.65 Å². The maximum absolute atomic E-state index is 4.52. The Hall–Kier alpha value is -0.765. The second-order valence-corrected chi connectivity index (χ2v) is 4.80. The van der Waals surface area contributed by atoms with E-state index in [0.29, 0.717) is 6.71 Å². The Bertz CT molecular complexity index is 476. The van der Waals surface area contributed by atoms with Crippen LogP contribution in [0.5, 0.6) is 0 Å². The molecule has 0 atom stereocenters. The molecule has 2 nitrogen and oxygen atoms in total. The normalized spacial score (nSPS) is 10.9. The summed E-state index contributed by atoms with van der Waals surface area (Å²) in [6, 6.07) is 2.15. The molecule has 0 aromatic carbocycles. The molecular weight excluding hydrogens is 239 g/mol. The van der Waals surface area contributed by atoms with Gasteiger partial charge in [-0.05, 0) is 34.4 Å². The van der Waals surface area contributed by atoms with Crippen molar-refractivity contribution >= 4 is 33.8 Å². The highest BCUT2D eigenvalue weighted by Crippen LogP contribution is 2.11. The van der Waals surface area contributed by atoms with Gasteiger partial charge >= 0.3 is 0 Å². The minimum atomic E-state index is 0.497. The summed E-state index contributed by atoms with van der Waals surface area (Å²) in [5.74, 6) is 0. The maximum Gasteiger partial charge on any atom is 0.174 e. The lowest BCUT2D eigenvalue weighted by Crippen LogP contribution is -2.25. The Labute approximate surface area is 92.6 Å². The Morgan fingerprint density at radius 3 is 2.71 bits per heavy atom. The van der Waals surface area contributed by atoms with Crippen molar-refractivity contribution in [2.75, 3.05) is 0 Å². The fourth-order valence-electron chi connectivity index (χ4n) is 1.64. The Morgan fingerprint density at radius 1 is 1.36 bits per heavy atom. The first-order valence-electron chi connectivity index (χ1n) is 4.72. The summed E-state index contributed by atoms with van der Waals surface area (Å²) >= 11 is 3.51. The van der Waals surface area contributed by atoms with E-state index in [1.807, 2.05) is 19.3 Å². The number of rotatable bonds is 1. The Balaban J connectivity index is 2.79. The van der Waals surface area contributed by atoms with Crippen molar-refractivity contribution in [1.82, 2.24) is 9.38 Å². The zero-order chi connectivity index (χ0) is 10.3. The number of pyridine rings is 1. The monoisotopic (exact) mass is 250 g/mol. The standard InChI is InChI=1S/C10H12BBrN2/c1-7-5-14-6-8(12)4-9(11(2)3)10(14)13-7/h4-6H,1-3H3. The van der Waals surface area contributed by atoms with Crippen molar-refractivity contribution < 1.29 is 0 Å². The van der Waals surface area contributed by atoms with Crippen LogP contribution >= 0.6 is 15.9 Å². The van der Waals surface area contributed by atoms with E-state index in [9.17, 15) is 0 Å². The van der Waals surface area contributed by atoms with E-state index in [-0.39, 0.29) is 0 Å². The molecule has 4 heteroatoms. The molecule has 0 aliphatic carbocycles. The van der Waals surface area contributed by atoms with E-state index in [1.165, 1.54) is 5.46 Å². The molecule has 0 amide bonds. The summed E-state index contributed by atoms with van der Waals surface area (Å²) in [5, 5.41) is 0. The van der Waals surface area contributed by atoms with Crippen LogP contribution in [-0.2, 0) is 0 Å². The first-order chi connectivity index (χ1) is 6.58. The minimum absolute atomic E-state index is 0.497. The molecule has 0 fully saturated rings. The predicted octanol–water partition coefficient (Wildman–Crippen LogP) is 2.37. The van der Waals surface area contributed by atoms with E-state index in [0.717, 1.165) is 15.8 Å². The number of hydrogen-bond donors (Lipinski definition) is 0. The first-order valence-corrected chi connectivity index (χ1v) is 5.52. The molecule has 2 aromatic heterocycles. The molecule has 2 rings (SSSR count). The topological polar surface area (TPSA) is 17.3 Å². The Morgan fingerprint density at radius 2 is 2.07 bits per heavy atom. The lowest BCUT2D eigenvalue weighted by atomic mass is 9.49. The van der Waals surface area contributed by atoms with E-state index < -0.39 is 0 Å². The van der Waals surface area contributed by atoms with Crippen LogP contribution in [0, 0.1) is 6.92 Å². The minimum Gasteiger partial charge on any atom is -0.306 e. The van der Waals surface area contributed by atoms with Crippen molar-refractivity contribution in [3.05, 3.63) is 28.6 Å². The van der Waals surface area contributed by atoms with Crippen molar-refractivity contribution in [1.29, 1.82) is 0 Å². The van der Waals surface area contributed by atoms with Gasteiger partial charge in [-0.1, -0.05) is 13.6 Å². The zero-order valence-electron chi connectivity index (χ0n) is 8.58. The van der Waals surface area contributed by atoms with Gasteiger partial charge in [0.2, 0.25) is 0 Å². The summed E-state index contributed by atoms with van der Waals surface area (Å²) in [4.78, 5) is 4.52. The second-order valence-electron chi connectivity index (χ2n) is 3.88. The van der Waals surface area contributed by atoms with Gasteiger partial charge in [0.05, 0.1) is 5.69 Å². The average molecular weight is 251 g/mol. The van der Waals surface area contributed by atoms with Gasteiger partial charge in [-0.25, -0.2) is 4.98 Å². The number of fused-ring (bicyclic) bond motifs is 1. The molecule has 0 saturated heterocycles. The summed E-state index contributed by atoms with van der Waals surface area (Å²) in [6.45, 7) is 6.89. The number of hydrogen-bond acceptors (Lipinski definition) is 1. The number of aromatic nitrogens is 2. The van der Waals surface area contributed by atoms with Gasteiger partial charge in [0, 0.05) is 16.9 Å². The summed E-state index contributed by atoms with van der Waals surface area (Å²) in [6.07, 6.45) is 4.09. The fraction of sp³-hybridized carbons (Fsp3) is 0.300. The van der Waals surface area contributed by atoms with Crippen molar-refractivity contribution in [2.45, 2.75) is 20.6 Å². The highest BCUT2D eigenvalue weighted by atomic mass is 79.9. The van der Waals surface area contributed by atoms with Crippen molar-refractivity contribution in [2.24, 2.45) is 0 Å². The van der Waals surface area contributed by atoms with Gasteiger partial charge in [0.25, 0.3) is 0 Å². The molecule has 0 bridgehead atoms. The molecule has 2 heterocycles. The third-order valence-electron chi connectivity index (χ3n) is 2.29. The van der Waals surface area contributed by atoms with E-state index in [1.54, 1.807) is 0 Å². The molecule has 72 valence electrons. The van der Waals surface area contributed by atoms with Crippen LogP contribution in [0.1, 0.15) is 5.69 Å². The summed E-state index contributed by atoms with van der Waals surface area (Å²) in [5.41, 5.74) is 3.41. The molecule has 0 saturated carbocycles. The van der Waals surface area contributed by atoms with Crippen LogP contribution in [0.15, 0.2) is 22.9 Å². The molecule has 0 unspecified atom stereocenters. The van der Waals surface area contributed by atoms with Crippen molar-refractivity contribution in [3.63, 3.8) is 0 Å². The molecular formula is C10H12BBrN2. The molecule has 2 aromatic rings. The highest BCUT2D eigenvalue weighted by Gasteiger charge is 2.11. The number of aryl methyl sites for hydroxylation is 1. The molecule has 14 heavy (non-hydrogen) atoms. The Kier molecular flexibility index (Phi) is 2.39. The van der Waals surface area contributed by atoms with Gasteiger partial charge in [-0.15, -0.1) is 0 Å². The second kappa shape index (κ2) is 3.42. The van der Waals surface area contributed by atoms with E-state index in [2.05, 4.69) is 45.0 Å². The summed E-state index contributed by atoms with van der Waals surface area (Å²) < 4.78 is 3.18. The predicted molar refractivity (Wildman–Crippen MR) is 64.7 cm³/mol. The van der Waals surface area contributed by atoms with Crippen molar-refractivity contribution in [3.8, 4) is 0 Å². The molecule has 0 spiro atoms. The lowest BCUT2D eigenvalue weighted by molar-refractivity contribution is 1.18.